The van der Waals surface area contributed by atoms with Gasteiger partial charge in [-0.1, -0.05) is 18.2 Å². The fraction of sp³-hybridized carbons (Fsp3) is 0.250. The molecular formula is C8H8O3. The van der Waals surface area contributed by atoms with E-state index >= 15 is 0 Å². The molecule has 1 fully saturated rings. The molecule has 1 aliphatic heterocycles. The van der Waals surface area contributed by atoms with Crippen LogP contribution in [0.1, 0.15) is 0 Å². The largest absolute Gasteiger partial charge is 0.441 e. The Bertz CT molecular complexity index is 218. The van der Waals surface area contributed by atoms with Crippen molar-refractivity contribution >= 4 is 0 Å². The molecule has 2 rings (SSSR count). The van der Waals surface area contributed by atoms with E-state index in [0.717, 1.165) is 5.75 Å². The summed E-state index contributed by atoms with van der Waals surface area (Å²) in [5.41, 5.74) is 0. The summed E-state index contributed by atoms with van der Waals surface area (Å²) in [7, 11) is 0. The van der Waals surface area contributed by atoms with Crippen LogP contribution in [0.15, 0.2) is 30.3 Å². The zero-order chi connectivity index (χ0) is 7.52. The molecule has 1 aromatic rings. The van der Waals surface area contributed by atoms with Gasteiger partial charge < -0.3 is 4.74 Å². The zero-order valence-corrected chi connectivity index (χ0v) is 5.90. The maximum atomic E-state index is 5.21. The number of benzene rings is 1. The van der Waals surface area contributed by atoms with Crippen molar-refractivity contribution in [3.05, 3.63) is 30.3 Å². The second-order valence-corrected chi connectivity index (χ2v) is 2.17. The molecule has 0 spiro atoms. The molecule has 0 aliphatic carbocycles. The van der Waals surface area contributed by atoms with E-state index in [9.17, 15) is 0 Å². The van der Waals surface area contributed by atoms with E-state index in [1.54, 1.807) is 0 Å². The molecule has 1 saturated heterocycles. The Kier molecular flexibility index (Phi) is 1.75. The van der Waals surface area contributed by atoms with Crippen LogP contribution in [0.3, 0.4) is 0 Å². The van der Waals surface area contributed by atoms with Gasteiger partial charge in [0.15, 0.2) is 6.79 Å². The van der Waals surface area contributed by atoms with Crippen LogP contribution in [0.5, 0.6) is 5.75 Å². The van der Waals surface area contributed by atoms with Gasteiger partial charge in [-0.25, -0.2) is 0 Å². The summed E-state index contributed by atoms with van der Waals surface area (Å²) in [5.74, 6) is 0.761. The van der Waals surface area contributed by atoms with Crippen LogP contribution in [0.25, 0.3) is 0 Å². The summed E-state index contributed by atoms with van der Waals surface area (Å²) in [4.78, 5) is 0. The summed E-state index contributed by atoms with van der Waals surface area (Å²) in [6.45, 7) is -0.172. The lowest BCUT2D eigenvalue weighted by atomic mass is 10.3. The molecule has 0 aromatic heterocycles. The van der Waals surface area contributed by atoms with Gasteiger partial charge in [0.1, 0.15) is 5.75 Å². The smallest absolute Gasteiger partial charge is 0.319 e. The fourth-order valence-corrected chi connectivity index (χ4v) is 0.802. The lowest BCUT2D eigenvalue weighted by Crippen LogP contribution is -2.35. The third-order valence-electron chi connectivity index (χ3n) is 1.38. The predicted octanol–water partition coefficient (Wildman–Crippen LogP) is 1.35. The maximum Gasteiger partial charge on any atom is 0.319 e. The van der Waals surface area contributed by atoms with Crippen molar-refractivity contribution in [2.24, 2.45) is 0 Å². The van der Waals surface area contributed by atoms with E-state index in [1.807, 2.05) is 30.3 Å². The molecule has 0 N–H and O–H groups in total. The Balaban J connectivity index is 1.95. The number of rotatable bonds is 2. The third kappa shape index (κ3) is 1.50. The molecule has 0 amide bonds. The van der Waals surface area contributed by atoms with Crippen molar-refractivity contribution in [1.29, 1.82) is 0 Å². The molecule has 0 unspecified atom stereocenters. The monoisotopic (exact) mass is 152 g/mol. The first kappa shape index (κ1) is 6.64. The van der Waals surface area contributed by atoms with Crippen LogP contribution >= 0.6 is 0 Å². The molecule has 11 heavy (non-hydrogen) atoms. The maximum absolute atomic E-state index is 5.21. The van der Waals surface area contributed by atoms with Crippen LogP contribution in [0.4, 0.5) is 0 Å². The van der Waals surface area contributed by atoms with E-state index in [1.165, 1.54) is 0 Å². The second-order valence-electron chi connectivity index (χ2n) is 2.17. The van der Waals surface area contributed by atoms with Crippen LogP contribution < -0.4 is 4.74 Å². The normalized spacial score (nSPS) is 17.5. The third-order valence-corrected chi connectivity index (χ3v) is 1.38. The highest BCUT2D eigenvalue weighted by Gasteiger charge is 2.19. The molecule has 1 aromatic carbocycles. The van der Waals surface area contributed by atoms with E-state index in [-0.39, 0.29) is 0 Å². The molecule has 3 nitrogen and oxygen atoms in total. The van der Waals surface area contributed by atoms with E-state index < -0.39 is 6.48 Å². The van der Waals surface area contributed by atoms with Crippen LogP contribution in [0.2, 0.25) is 0 Å². The lowest BCUT2D eigenvalue weighted by molar-refractivity contribution is -0.394. The molecule has 0 atom stereocenters. The van der Waals surface area contributed by atoms with Gasteiger partial charge in [0.05, 0.1) is 0 Å². The summed E-state index contributed by atoms with van der Waals surface area (Å²) >= 11 is 0. The Morgan fingerprint density at radius 2 is 1.91 bits per heavy atom. The minimum atomic E-state index is -0.502. The lowest BCUT2D eigenvalue weighted by Gasteiger charge is -2.26. The first-order valence-electron chi connectivity index (χ1n) is 3.40. The van der Waals surface area contributed by atoms with Gasteiger partial charge in [-0.05, 0) is 12.1 Å². The molecule has 0 bridgehead atoms. The second kappa shape index (κ2) is 2.90. The number of para-hydroxylation sites is 1. The van der Waals surface area contributed by atoms with Crippen molar-refractivity contribution in [3.63, 3.8) is 0 Å². The number of hydrogen-bond donors (Lipinski definition) is 0. The molecule has 1 aliphatic rings. The summed E-state index contributed by atoms with van der Waals surface area (Å²) in [5, 5.41) is 0. The van der Waals surface area contributed by atoms with Crippen molar-refractivity contribution in [2.45, 2.75) is 6.48 Å². The van der Waals surface area contributed by atoms with Crippen molar-refractivity contribution in [2.75, 3.05) is 6.79 Å². The van der Waals surface area contributed by atoms with Crippen LogP contribution in [0, 0.1) is 0 Å². The van der Waals surface area contributed by atoms with Crippen LogP contribution in [-0.4, -0.2) is 13.3 Å². The average molecular weight is 152 g/mol. The summed E-state index contributed by atoms with van der Waals surface area (Å²) < 4.78 is 15.0. The fourth-order valence-electron chi connectivity index (χ4n) is 0.802. The van der Waals surface area contributed by atoms with E-state index in [4.69, 9.17) is 14.2 Å². The number of ether oxygens (including phenoxy) is 3. The Morgan fingerprint density at radius 3 is 2.45 bits per heavy atom. The zero-order valence-electron chi connectivity index (χ0n) is 5.90. The quantitative estimate of drug-likeness (QED) is 0.640. The molecular weight excluding hydrogens is 144 g/mol. The first-order valence-corrected chi connectivity index (χ1v) is 3.40. The van der Waals surface area contributed by atoms with Crippen molar-refractivity contribution in [3.8, 4) is 5.75 Å². The predicted molar refractivity (Wildman–Crippen MR) is 37.9 cm³/mol. The van der Waals surface area contributed by atoms with Gasteiger partial charge in [-0.15, -0.1) is 0 Å². The Hall–Kier alpha value is -1.06. The van der Waals surface area contributed by atoms with Gasteiger partial charge in [0, 0.05) is 0 Å². The van der Waals surface area contributed by atoms with Crippen LogP contribution in [-0.2, 0) is 9.47 Å². The van der Waals surface area contributed by atoms with Gasteiger partial charge in [-0.2, -0.15) is 0 Å². The number of hydrogen-bond acceptors (Lipinski definition) is 3. The van der Waals surface area contributed by atoms with E-state index in [2.05, 4.69) is 0 Å². The standard InChI is InChI=1S/C8H8O3/c1-2-4-7(5-3-1)11-8-9-6-10-8/h1-5,8H,6H2. The van der Waals surface area contributed by atoms with E-state index in [0.29, 0.717) is 6.79 Å². The summed E-state index contributed by atoms with van der Waals surface area (Å²) in [6.07, 6.45) is 0. The Labute approximate surface area is 64.5 Å². The molecule has 0 radical (unpaired) electrons. The first-order chi connectivity index (χ1) is 5.45. The highest BCUT2D eigenvalue weighted by molar-refractivity contribution is 5.20. The van der Waals surface area contributed by atoms with Gasteiger partial charge >= 0.3 is 6.48 Å². The molecule has 58 valence electrons. The molecule has 3 heteroatoms. The highest BCUT2D eigenvalue weighted by atomic mass is 17.0. The highest BCUT2D eigenvalue weighted by Crippen LogP contribution is 2.15. The minimum Gasteiger partial charge on any atom is -0.441 e. The van der Waals surface area contributed by atoms with Crippen molar-refractivity contribution in [1.82, 2.24) is 0 Å². The van der Waals surface area contributed by atoms with Gasteiger partial charge in [0.2, 0.25) is 0 Å². The average Bonchev–Trinajstić information content (AvgIpc) is 1.99. The summed E-state index contributed by atoms with van der Waals surface area (Å²) in [6, 6.07) is 9.42. The molecule has 0 saturated carbocycles. The van der Waals surface area contributed by atoms with Gasteiger partial charge in [-0.3, -0.25) is 9.47 Å². The minimum absolute atomic E-state index is 0.331. The SMILES string of the molecule is c1ccc(OC2OCO2)cc1. The topological polar surface area (TPSA) is 27.7 Å². The Morgan fingerprint density at radius 1 is 1.18 bits per heavy atom. The molecule has 1 heterocycles. The van der Waals surface area contributed by atoms with Crippen molar-refractivity contribution < 1.29 is 14.2 Å². The van der Waals surface area contributed by atoms with Gasteiger partial charge in [0.25, 0.3) is 0 Å².